The van der Waals surface area contributed by atoms with Gasteiger partial charge in [-0.2, -0.15) is 0 Å². The number of carbonyl (C=O) groups is 4. The molecule has 17 N–H and O–H groups in total. The number of hydrazine groups is 2. The normalized spacial score (nSPS) is 25.6. The van der Waals surface area contributed by atoms with Crippen LogP contribution in [0, 0.1) is 0 Å². The van der Waals surface area contributed by atoms with Crippen molar-refractivity contribution in [1.82, 2.24) is 62.3 Å². The number of hydrogen-bond donors (Lipinski definition) is 15. The number of aliphatic hydroxyl groups is 6. The first-order valence-corrected chi connectivity index (χ1v) is 50.0. The predicted molar refractivity (Wildman–Crippen MR) is 492 cm³/mol. The maximum atomic E-state index is 14.4. The van der Waals surface area contributed by atoms with Gasteiger partial charge in [0.2, 0.25) is 23.6 Å². The van der Waals surface area contributed by atoms with E-state index in [9.17, 15) is 49.8 Å². The number of nitrogens with zero attached hydrogens (tertiary/aromatic N) is 5. The van der Waals surface area contributed by atoms with Crippen LogP contribution in [0.4, 0.5) is 0 Å². The number of rotatable bonds is 82. The molecule has 48 nitrogen and oxygen atoms in total. The second-order valence-electron chi connectivity index (χ2n) is 34.2. The molecule has 7 fully saturated rings. The first-order chi connectivity index (χ1) is 67.2. The quantitative estimate of drug-likeness (QED) is 0.0139. The Morgan fingerprint density at radius 3 is 1.63 bits per heavy atom. The Kier molecular flexibility index (Phi) is 56.3. The third-order valence-electron chi connectivity index (χ3n) is 22.7. The van der Waals surface area contributed by atoms with Gasteiger partial charge in [0.25, 0.3) is 6.48 Å². The van der Waals surface area contributed by atoms with Crippen LogP contribution in [0.25, 0.3) is 0 Å². The summed E-state index contributed by atoms with van der Waals surface area (Å²) in [5, 5.41) is 92.0. The van der Waals surface area contributed by atoms with Crippen molar-refractivity contribution >= 4 is 45.2 Å². The van der Waals surface area contributed by atoms with Crippen LogP contribution in [0.3, 0.4) is 0 Å². The van der Waals surface area contributed by atoms with Gasteiger partial charge in [0.1, 0.15) is 63.5 Å². The summed E-state index contributed by atoms with van der Waals surface area (Å²) in [4.78, 5) is 55.9. The molecule has 1 unspecified atom stereocenters. The standard InChI is InChI=1S/C88H152N14O34S2/c1-65(103)95-78-79(109)82(112)88(64-133-83(78)136-88)61-124-44-41-121-38-35-118-32-29-115-26-22-102-50-67(99-100-102)52-126-57-85(56-125-51-66(98-89)48-91-20-24-113-27-30-116-33-36-119-39-42-122-59-86-62-131-76(134-86)46-70(104)80(86)110,58-127-55-69(101(2)90)49-92-21-25-114-28-31-117-34-37-120-40-43-123-60-87-63-132-77(135-87)47-71(105)81(87)111)97-74(108)16-6-3-10-18-93-72(106)14-7-4-12-23-128-84-129-53-68(54-130-84)96-73(107)15-8-5-13-45-137-138-75-17-9-11-19-94-75/h9,11,17,19,48-50,68,70-71,76-84,91-92,98,104-105,109-112H,3-8,10,12-16,18,20-47,51-64,89-90H2,1-2H3,(H,93,106)(H,95,103)(H,96,107)(H,97,108)/b66-48-,69-49-/t68?,70-,71-,76+,77+,78-,79-,80-,81-,82-,83-,84?,85?,86+,87+,88+/m1/s1. The van der Waals surface area contributed by atoms with Crippen molar-refractivity contribution in [3.05, 3.63) is 60.1 Å². The van der Waals surface area contributed by atoms with E-state index < -0.39 is 96.3 Å². The Morgan fingerprint density at radius 2 is 1.07 bits per heavy atom. The lowest BCUT2D eigenvalue weighted by molar-refractivity contribution is -0.315. The summed E-state index contributed by atoms with van der Waals surface area (Å²) in [5.74, 6) is 12.6. The SMILES string of the molecule is CC(=O)N[C@H]1[C@@H]2OC[C@](COCCOCCOCCOCCn3cc(COCC(COC/C(=C/NCCOCCOCCOCCOC[C@]45CO[C@H](C[C@@H](O)[C@H]4O)O5)NN)(COC/C(=C/NCCOCCOCCOCCOC[C@]45CO[C@H](C[C@@H](O)[C@H]4O)O5)N(C)N)NC(=O)CCCCCNC(=O)CCCCCOC4OCC(NC(=O)CCCCCSSc5ccccn5)CO4)nn3)(O2)[C@H](O)[C@@H]1O. The van der Waals surface area contributed by atoms with Gasteiger partial charge in [-0.1, -0.05) is 41.3 Å². The van der Waals surface area contributed by atoms with Crippen molar-refractivity contribution in [3.8, 4) is 0 Å². The number of aliphatic hydroxyl groups excluding tert-OH is 6. The van der Waals surface area contributed by atoms with Crippen LogP contribution >= 0.6 is 21.6 Å². The van der Waals surface area contributed by atoms with Gasteiger partial charge in [-0.15, -0.1) is 5.10 Å². The summed E-state index contributed by atoms with van der Waals surface area (Å²) in [5.41, 5.74) is -0.676. The number of carbonyl (C=O) groups excluding carboxylic acids is 4. The van der Waals surface area contributed by atoms with Crippen LogP contribution in [-0.2, 0) is 146 Å². The second-order valence-corrected chi connectivity index (χ2v) is 36.7. The van der Waals surface area contributed by atoms with E-state index in [1.165, 1.54) is 11.9 Å². The third kappa shape index (κ3) is 43.7. The van der Waals surface area contributed by atoms with Gasteiger partial charge in [-0.25, -0.2) is 15.5 Å². The molecule has 50 heteroatoms. The predicted octanol–water partition coefficient (Wildman–Crippen LogP) is -2.70. The number of hydrogen-bond acceptors (Lipinski definition) is 45. The molecule has 9 heterocycles. The number of amides is 4. The maximum Gasteiger partial charge on any atom is 0.271 e. The average Bonchev–Trinajstić information content (AvgIpc) is 1.58. The Balaban J connectivity index is 0.696. The highest BCUT2D eigenvalue weighted by atomic mass is 33.1. The van der Waals surface area contributed by atoms with Crippen LogP contribution in [-0.4, -0.2) is 439 Å². The Hall–Kier alpha value is -5.73. The topological polar surface area (TPSA) is 594 Å². The number of fused-ring (bicyclic) bond motifs is 6. The van der Waals surface area contributed by atoms with Gasteiger partial charge in [-0.05, 0) is 61.5 Å². The highest BCUT2D eigenvalue weighted by Gasteiger charge is 2.60. The number of nitrogens with two attached hydrogens (primary N) is 2. The largest absolute Gasteiger partial charge is 0.390 e. The zero-order valence-corrected chi connectivity index (χ0v) is 81.3. The minimum Gasteiger partial charge on any atom is -0.390 e. The van der Waals surface area contributed by atoms with Gasteiger partial charge in [-0.3, -0.25) is 25.0 Å². The van der Waals surface area contributed by atoms with Crippen molar-refractivity contribution in [2.75, 3.05) is 264 Å². The van der Waals surface area contributed by atoms with Crippen molar-refractivity contribution < 1.29 is 164 Å². The number of nitrogens with one attached hydrogen (secondary N) is 7. The number of aromatic nitrogens is 4. The number of ether oxygens (including phenoxy) is 24. The molecule has 4 amide bonds. The van der Waals surface area contributed by atoms with E-state index in [1.807, 2.05) is 18.2 Å². The zero-order chi connectivity index (χ0) is 98.0. The summed E-state index contributed by atoms with van der Waals surface area (Å²) in [6.45, 7) is 8.90. The molecule has 6 bridgehead atoms. The average molecular weight is 2010 g/mol. The lowest BCUT2D eigenvalue weighted by atomic mass is 9.88. The minimum atomic E-state index is -1.36. The van der Waals surface area contributed by atoms with Gasteiger partial charge in [0, 0.05) is 90.1 Å². The Bertz CT molecular complexity index is 3690. The molecule has 7 aliphatic heterocycles. The summed E-state index contributed by atoms with van der Waals surface area (Å²) < 4.78 is 141. The van der Waals surface area contributed by atoms with E-state index in [4.69, 9.17) is 125 Å². The van der Waals surface area contributed by atoms with Gasteiger partial charge in [0.05, 0.1) is 280 Å². The first-order valence-electron chi connectivity index (χ1n) is 47.7. The number of unbranched alkanes of at least 4 members (excludes halogenated alkanes) is 6. The molecular weight excluding hydrogens is 1860 g/mol. The Morgan fingerprint density at radius 1 is 0.551 bits per heavy atom. The molecule has 7 saturated heterocycles. The highest BCUT2D eigenvalue weighted by molar-refractivity contribution is 8.76. The fraction of sp³-hybridized carbons (Fsp3) is 0.830. The van der Waals surface area contributed by atoms with Gasteiger partial charge < -0.3 is 187 Å². The summed E-state index contributed by atoms with van der Waals surface area (Å²) >= 11 is 0. The monoisotopic (exact) mass is 2010 g/mol. The zero-order valence-electron chi connectivity index (χ0n) is 79.7. The molecule has 0 radical (unpaired) electrons. The molecular formula is C88H152N14O34S2. The van der Waals surface area contributed by atoms with E-state index in [2.05, 4.69) is 52.6 Å². The summed E-state index contributed by atoms with van der Waals surface area (Å²) in [7, 11) is 5.08. The highest BCUT2D eigenvalue weighted by Crippen LogP contribution is 2.40. The molecule has 0 aromatic carbocycles. The lowest BCUT2D eigenvalue weighted by Gasteiger charge is -2.42. The maximum absolute atomic E-state index is 14.4. The van der Waals surface area contributed by atoms with E-state index in [1.54, 1.807) is 58.1 Å². The molecule has 0 saturated carbocycles. The molecule has 7 aliphatic rings. The molecule has 790 valence electrons. The van der Waals surface area contributed by atoms with E-state index in [0.717, 1.165) is 36.5 Å². The van der Waals surface area contributed by atoms with Crippen molar-refractivity contribution in [2.24, 2.45) is 11.7 Å². The Labute approximate surface area is 814 Å². The molecule has 14 atom stereocenters. The van der Waals surface area contributed by atoms with Crippen LogP contribution < -0.4 is 49.0 Å². The van der Waals surface area contributed by atoms with Crippen LogP contribution in [0.5, 0.6) is 0 Å². The van der Waals surface area contributed by atoms with Crippen LogP contribution in [0.15, 0.2) is 59.4 Å². The fourth-order valence-corrected chi connectivity index (χ4v) is 17.2. The van der Waals surface area contributed by atoms with Gasteiger partial charge >= 0.3 is 0 Å². The van der Waals surface area contributed by atoms with Crippen molar-refractivity contribution in [2.45, 2.75) is 211 Å². The van der Waals surface area contributed by atoms with Crippen molar-refractivity contribution in [3.63, 3.8) is 0 Å². The molecule has 0 aliphatic carbocycles. The van der Waals surface area contributed by atoms with Crippen LogP contribution in [0.2, 0.25) is 0 Å². The van der Waals surface area contributed by atoms with Crippen LogP contribution in [0.1, 0.15) is 103 Å². The lowest BCUT2D eigenvalue weighted by Crippen LogP contribution is -2.66. The smallest absolute Gasteiger partial charge is 0.271 e. The van der Waals surface area contributed by atoms with E-state index in [0.29, 0.717) is 181 Å². The number of likely N-dealkylation sites (N-methyl/N-ethyl adjacent to an activating group) is 1. The fourth-order valence-electron chi connectivity index (χ4n) is 15.2. The second kappa shape index (κ2) is 67.1. The summed E-state index contributed by atoms with van der Waals surface area (Å²) in [6, 6.07) is 4.69. The number of pyridine rings is 1. The van der Waals surface area contributed by atoms with Crippen molar-refractivity contribution in [1.29, 1.82) is 0 Å². The summed E-state index contributed by atoms with van der Waals surface area (Å²) in [6.07, 6.45) is 5.96. The van der Waals surface area contributed by atoms with E-state index in [-0.39, 0.29) is 188 Å². The minimum absolute atomic E-state index is 0.0189. The molecule has 2 aromatic rings. The third-order valence-corrected chi connectivity index (χ3v) is 25.1. The van der Waals surface area contributed by atoms with E-state index >= 15 is 0 Å². The molecule has 138 heavy (non-hydrogen) atoms. The molecule has 2 aromatic heterocycles. The molecule has 9 rings (SSSR count). The molecule has 0 spiro atoms. The first kappa shape index (κ1) is 116. The van der Waals surface area contributed by atoms with Gasteiger partial charge in [0.15, 0.2) is 18.9 Å².